The Labute approximate surface area is 258 Å². The van der Waals surface area contributed by atoms with Gasteiger partial charge in [0.05, 0.1) is 9.77 Å². The standard InChI is InChI=1S/C30H42N6O5S2/c1-22(2)27(30(37)38)36(21-13-11-9-7-5-4-6-8-10-12-20-32-35-31)43(39,40)25-17-15-24(16-18-25)29-33-28(34-41-29)26-19-14-23(3)42-26/h14-19,22,27H,4-13,20-21H2,1-3H3,(H,37,38)/t27-/m1/s1. The molecule has 0 unspecified atom stereocenters. The van der Waals surface area contributed by atoms with Crippen molar-refractivity contribution in [1.29, 1.82) is 0 Å². The molecule has 1 atom stereocenters. The minimum Gasteiger partial charge on any atom is -0.480 e. The second-order valence-electron chi connectivity index (χ2n) is 11.0. The molecule has 3 aromatic rings. The van der Waals surface area contributed by atoms with E-state index in [1.54, 1.807) is 37.3 Å². The summed E-state index contributed by atoms with van der Waals surface area (Å²) in [5.74, 6) is -0.818. The number of aryl methyl sites for hydroxylation is 1. The molecular formula is C30H42N6O5S2. The largest absolute Gasteiger partial charge is 0.480 e. The Morgan fingerprint density at radius 2 is 1.60 bits per heavy atom. The molecule has 0 aliphatic carbocycles. The van der Waals surface area contributed by atoms with Crippen LogP contribution >= 0.6 is 11.3 Å². The van der Waals surface area contributed by atoms with Gasteiger partial charge in [0.2, 0.25) is 15.8 Å². The van der Waals surface area contributed by atoms with Gasteiger partial charge < -0.3 is 9.63 Å². The molecule has 0 saturated heterocycles. The van der Waals surface area contributed by atoms with E-state index in [-0.39, 0.29) is 17.3 Å². The van der Waals surface area contributed by atoms with Gasteiger partial charge in [-0.1, -0.05) is 75.5 Å². The fourth-order valence-corrected chi connectivity index (χ4v) is 7.51. The number of hydrogen-bond donors (Lipinski definition) is 1. The Kier molecular flexibility index (Phi) is 13.7. The van der Waals surface area contributed by atoms with Gasteiger partial charge in [-0.2, -0.15) is 9.29 Å². The molecule has 0 aliphatic rings. The Balaban J connectivity index is 1.58. The number of carboxylic acids is 1. The molecule has 234 valence electrons. The lowest BCUT2D eigenvalue weighted by Crippen LogP contribution is -2.48. The Morgan fingerprint density at radius 3 is 2.14 bits per heavy atom. The summed E-state index contributed by atoms with van der Waals surface area (Å²) in [6.45, 7) is 6.14. The van der Waals surface area contributed by atoms with Crippen LogP contribution in [0, 0.1) is 12.8 Å². The highest BCUT2D eigenvalue weighted by molar-refractivity contribution is 7.89. The summed E-state index contributed by atoms with van der Waals surface area (Å²) in [7, 11) is -4.08. The third-order valence-corrected chi connectivity index (χ3v) is 10.1. The van der Waals surface area contributed by atoms with E-state index >= 15 is 0 Å². The minimum absolute atomic E-state index is 0.0243. The van der Waals surface area contributed by atoms with Gasteiger partial charge in [-0.15, -0.1) is 11.3 Å². The van der Waals surface area contributed by atoms with Crippen LogP contribution in [0.25, 0.3) is 32.6 Å². The van der Waals surface area contributed by atoms with Crippen molar-refractivity contribution in [1.82, 2.24) is 14.4 Å². The quantitative estimate of drug-likeness (QED) is 0.0570. The van der Waals surface area contributed by atoms with Gasteiger partial charge in [0, 0.05) is 28.4 Å². The molecule has 2 heterocycles. The van der Waals surface area contributed by atoms with Crippen LogP contribution in [0.5, 0.6) is 0 Å². The van der Waals surface area contributed by atoms with Crippen molar-refractivity contribution in [3.63, 3.8) is 0 Å². The maximum atomic E-state index is 13.8. The molecule has 2 aromatic heterocycles. The first-order valence-corrected chi connectivity index (χ1v) is 17.2. The monoisotopic (exact) mass is 630 g/mol. The summed E-state index contributed by atoms with van der Waals surface area (Å²) in [5, 5.41) is 17.6. The number of hydrogen-bond acceptors (Lipinski definition) is 8. The number of thiophene rings is 1. The smallest absolute Gasteiger partial charge is 0.322 e. The highest BCUT2D eigenvalue weighted by Crippen LogP contribution is 2.29. The van der Waals surface area contributed by atoms with E-state index in [1.165, 1.54) is 12.1 Å². The number of nitrogens with zero attached hydrogens (tertiary/aromatic N) is 6. The molecule has 43 heavy (non-hydrogen) atoms. The van der Waals surface area contributed by atoms with E-state index in [0.29, 0.717) is 24.4 Å². The molecule has 0 aliphatic heterocycles. The fraction of sp³-hybridized carbons (Fsp3) is 0.567. The normalized spacial score (nSPS) is 12.5. The SMILES string of the molecule is Cc1ccc(-c2noc(-c3ccc(S(=O)(=O)N(CCCCCCCCCCCCN=[N+]=[N-])[C@@H](C(=O)O)C(C)C)cc3)n2)s1. The molecule has 11 nitrogen and oxygen atoms in total. The summed E-state index contributed by atoms with van der Waals surface area (Å²) in [5.41, 5.74) is 8.87. The summed E-state index contributed by atoms with van der Waals surface area (Å²) in [6, 6.07) is 8.87. The molecule has 0 amide bonds. The van der Waals surface area contributed by atoms with Gasteiger partial charge in [0.15, 0.2) is 0 Å². The van der Waals surface area contributed by atoms with E-state index in [0.717, 1.165) is 71.8 Å². The molecule has 1 N–H and O–H groups in total. The van der Waals surface area contributed by atoms with E-state index in [1.807, 2.05) is 19.1 Å². The average Bonchev–Trinajstić information content (AvgIpc) is 3.64. The lowest BCUT2D eigenvalue weighted by Gasteiger charge is -2.30. The third-order valence-electron chi connectivity index (χ3n) is 7.24. The van der Waals surface area contributed by atoms with Crippen LogP contribution in [0.4, 0.5) is 0 Å². The van der Waals surface area contributed by atoms with Gasteiger partial charge >= 0.3 is 5.97 Å². The van der Waals surface area contributed by atoms with Gasteiger partial charge in [0.1, 0.15) is 6.04 Å². The molecule has 0 saturated carbocycles. The minimum atomic E-state index is -4.08. The van der Waals surface area contributed by atoms with Crippen molar-refractivity contribution in [3.8, 4) is 22.2 Å². The first kappa shape index (κ1) is 34.2. The predicted molar refractivity (Wildman–Crippen MR) is 168 cm³/mol. The number of benzene rings is 1. The number of carboxylic acid groups (broad SMARTS) is 1. The number of aliphatic carboxylic acids is 1. The lowest BCUT2D eigenvalue weighted by atomic mass is 10.0. The predicted octanol–water partition coefficient (Wildman–Crippen LogP) is 8.08. The van der Waals surface area contributed by atoms with E-state index in [2.05, 4.69) is 20.2 Å². The average molecular weight is 631 g/mol. The number of unbranched alkanes of at least 4 members (excludes halogenated alkanes) is 9. The second-order valence-corrected chi connectivity index (χ2v) is 14.2. The van der Waals surface area contributed by atoms with Crippen molar-refractivity contribution in [2.75, 3.05) is 13.1 Å². The number of carbonyl (C=O) groups is 1. The van der Waals surface area contributed by atoms with Crippen LogP contribution in [0.1, 0.15) is 82.9 Å². The maximum absolute atomic E-state index is 13.8. The number of rotatable bonds is 20. The molecule has 3 rings (SSSR count). The maximum Gasteiger partial charge on any atom is 0.322 e. The van der Waals surface area contributed by atoms with Gasteiger partial charge in [-0.3, -0.25) is 4.79 Å². The zero-order valence-electron chi connectivity index (χ0n) is 25.2. The molecule has 0 spiro atoms. The molecule has 13 heteroatoms. The van der Waals surface area contributed by atoms with Crippen LogP contribution in [0.2, 0.25) is 0 Å². The van der Waals surface area contributed by atoms with Gasteiger partial charge in [-0.25, -0.2) is 8.42 Å². The van der Waals surface area contributed by atoms with E-state index < -0.39 is 28.0 Å². The van der Waals surface area contributed by atoms with Crippen molar-refractivity contribution in [2.24, 2.45) is 11.0 Å². The van der Waals surface area contributed by atoms with Crippen molar-refractivity contribution in [3.05, 3.63) is 51.7 Å². The third kappa shape index (κ3) is 10.2. The zero-order chi connectivity index (χ0) is 31.2. The number of sulfonamides is 1. The summed E-state index contributed by atoms with van der Waals surface area (Å²) in [6.07, 6.45) is 9.97. The van der Waals surface area contributed by atoms with Crippen LogP contribution in [-0.4, -0.2) is 53.1 Å². The molecule has 0 bridgehead atoms. The van der Waals surface area contributed by atoms with Crippen LogP contribution in [0.15, 0.2) is 50.9 Å². The van der Waals surface area contributed by atoms with E-state index in [4.69, 9.17) is 10.1 Å². The highest BCUT2D eigenvalue weighted by atomic mass is 32.2. The first-order chi connectivity index (χ1) is 20.6. The van der Waals surface area contributed by atoms with Gasteiger partial charge in [-0.05, 0) is 67.6 Å². The number of aromatic nitrogens is 2. The van der Waals surface area contributed by atoms with E-state index in [9.17, 15) is 18.3 Å². The Morgan fingerprint density at radius 1 is 1.00 bits per heavy atom. The summed E-state index contributed by atoms with van der Waals surface area (Å²) < 4.78 is 34.1. The van der Waals surface area contributed by atoms with Gasteiger partial charge in [0.25, 0.3) is 5.89 Å². The Bertz CT molecular complexity index is 1450. The van der Waals surface area contributed by atoms with Crippen molar-refractivity contribution in [2.45, 2.75) is 95.9 Å². The van der Waals surface area contributed by atoms with Crippen LogP contribution in [-0.2, 0) is 14.8 Å². The van der Waals surface area contributed by atoms with Crippen molar-refractivity contribution >= 4 is 27.3 Å². The topological polar surface area (TPSA) is 162 Å². The second kappa shape index (κ2) is 17.1. The fourth-order valence-electron chi connectivity index (χ4n) is 4.96. The lowest BCUT2D eigenvalue weighted by molar-refractivity contribution is -0.143. The van der Waals surface area contributed by atoms with Crippen molar-refractivity contribution < 1.29 is 22.8 Å². The molecule has 0 radical (unpaired) electrons. The van der Waals surface area contributed by atoms with Crippen LogP contribution < -0.4 is 0 Å². The summed E-state index contributed by atoms with van der Waals surface area (Å²) >= 11 is 1.55. The zero-order valence-corrected chi connectivity index (χ0v) is 26.8. The van der Waals surface area contributed by atoms with Crippen LogP contribution in [0.3, 0.4) is 0 Å². The summed E-state index contributed by atoms with van der Waals surface area (Å²) in [4.78, 5) is 21.4. The molecule has 1 aromatic carbocycles. The number of azide groups is 1. The highest BCUT2D eigenvalue weighted by Gasteiger charge is 2.37. The molecular weight excluding hydrogens is 589 g/mol. The molecule has 0 fully saturated rings. The first-order valence-electron chi connectivity index (χ1n) is 14.9. The Hall–Kier alpha value is -3.25.